The second-order valence-corrected chi connectivity index (χ2v) is 5.49. The molecule has 0 fully saturated rings. The van der Waals surface area contributed by atoms with E-state index in [1.54, 1.807) is 0 Å². The van der Waals surface area contributed by atoms with Gasteiger partial charge < -0.3 is 4.84 Å². The van der Waals surface area contributed by atoms with Crippen molar-refractivity contribution in [3.05, 3.63) is 76.6 Å². The van der Waals surface area contributed by atoms with Crippen LogP contribution in [0.15, 0.2) is 59.3 Å². The molecule has 0 bridgehead atoms. The maximum atomic E-state index is 12.8. The molecule has 0 amide bonds. The van der Waals surface area contributed by atoms with Crippen LogP contribution < -0.4 is 0 Å². The van der Waals surface area contributed by atoms with Gasteiger partial charge in [-0.15, -0.1) is 0 Å². The summed E-state index contributed by atoms with van der Waals surface area (Å²) in [6.07, 6.45) is 3.05. The molecule has 0 unspecified atom stereocenters. The highest BCUT2D eigenvalue weighted by Gasteiger charge is 2.16. The topological polar surface area (TPSA) is 38.7 Å². The van der Waals surface area contributed by atoms with Crippen LogP contribution in [0, 0.1) is 5.82 Å². The summed E-state index contributed by atoms with van der Waals surface area (Å²) in [6.45, 7) is 0. The molecule has 0 aromatic heterocycles. The van der Waals surface area contributed by atoms with Gasteiger partial charge in [0.05, 0.1) is 16.8 Å². The van der Waals surface area contributed by atoms with Crippen LogP contribution in [-0.2, 0) is 11.3 Å². The standard InChI is InChI=1S/C18H13ClFNO2/c19-17-14(6-5-12-3-1-2-4-16(12)17)11-21-23-18(22)13-7-9-15(20)10-8-13/h1-4,7-11H,5-6H2/b21-11+. The Labute approximate surface area is 138 Å². The molecular formula is C18H13ClFNO2. The van der Waals surface area contributed by atoms with Crippen molar-refractivity contribution in [1.82, 2.24) is 0 Å². The number of aryl methyl sites for hydroxylation is 1. The van der Waals surface area contributed by atoms with Gasteiger partial charge in [0, 0.05) is 0 Å². The van der Waals surface area contributed by atoms with Gasteiger partial charge in [0.15, 0.2) is 0 Å². The predicted octanol–water partition coefficient (Wildman–Crippen LogP) is 4.56. The van der Waals surface area contributed by atoms with E-state index in [2.05, 4.69) is 5.16 Å². The van der Waals surface area contributed by atoms with E-state index >= 15 is 0 Å². The maximum absolute atomic E-state index is 12.8. The van der Waals surface area contributed by atoms with Crippen LogP contribution >= 0.6 is 11.6 Å². The summed E-state index contributed by atoms with van der Waals surface area (Å²) in [6, 6.07) is 13.0. The fourth-order valence-corrected chi connectivity index (χ4v) is 2.73. The highest BCUT2D eigenvalue weighted by Crippen LogP contribution is 2.33. The quantitative estimate of drug-likeness (QED) is 0.470. The largest absolute Gasteiger partial charge is 0.365 e. The predicted molar refractivity (Wildman–Crippen MR) is 87.8 cm³/mol. The summed E-state index contributed by atoms with van der Waals surface area (Å²) in [5, 5.41) is 4.33. The van der Waals surface area contributed by atoms with Crippen LogP contribution in [0.2, 0.25) is 0 Å². The van der Waals surface area contributed by atoms with Crippen molar-refractivity contribution in [3.8, 4) is 0 Å². The average Bonchev–Trinajstić information content (AvgIpc) is 2.57. The molecular weight excluding hydrogens is 317 g/mol. The van der Waals surface area contributed by atoms with Crippen LogP contribution in [0.5, 0.6) is 0 Å². The third-order valence-corrected chi connectivity index (χ3v) is 4.07. The molecule has 0 spiro atoms. The van der Waals surface area contributed by atoms with E-state index in [0.29, 0.717) is 5.03 Å². The normalized spacial score (nSPS) is 14.0. The summed E-state index contributed by atoms with van der Waals surface area (Å²) in [4.78, 5) is 16.6. The van der Waals surface area contributed by atoms with Crippen molar-refractivity contribution in [2.45, 2.75) is 12.8 Å². The number of fused-ring (bicyclic) bond motifs is 1. The first kappa shape index (κ1) is 15.4. The Morgan fingerprint density at radius 1 is 1.13 bits per heavy atom. The van der Waals surface area contributed by atoms with Crippen molar-refractivity contribution < 1.29 is 14.0 Å². The third kappa shape index (κ3) is 3.48. The fourth-order valence-electron chi connectivity index (χ4n) is 2.40. The second kappa shape index (κ2) is 6.75. The van der Waals surface area contributed by atoms with Crippen LogP contribution in [0.25, 0.3) is 5.03 Å². The highest BCUT2D eigenvalue weighted by molar-refractivity contribution is 6.50. The molecule has 0 heterocycles. The Balaban J connectivity index is 1.71. The van der Waals surface area contributed by atoms with Crippen LogP contribution in [-0.4, -0.2) is 12.2 Å². The molecule has 23 heavy (non-hydrogen) atoms. The molecule has 0 N–H and O–H groups in total. The molecule has 3 rings (SSSR count). The second-order valence-electron chi connectivity index (χ2n) is 5.12. The first-order valence-electron chi connectivity index (χ1n) is 7.12. The van der Waals surface area contributed by atoms with Gasteiger partial charge in [0.25, 0.3) is 0 Å². The van der Waals surface area contributed by atoms with Gasteiger partial charge in [-0.05, 0) is 53.8 Å². The number of allylic oxidation sites excluding steroid dienone is 1. The zero-order valence-corrected chi connectivity index (χ0v) is 12.9. The SMILES string of the molecule is O=C(O/N=C/C1=C(Cl)c2ccccc2CC1)c1ccc(F)cc1. The van der Waals surface area contributed by atoms with Gasteiger partial charge in [-0.1, -0.05) is 41.0 Å². The van der Waals surface area contributed by atoms with Gasteiger partial charge >= 0.3 is 5.97 Å². The van der Waals surface area contributed by atoms with Crippen LogP contribution in [0.3, 0.4) is 0 Å². The van der Waals surface area contributed by atoms with Crippen LogP contribution in [0.1, 0.15) is 27.9 Å². The lowest BCUT2D eigenvalue weighted by Crippen LogP contribution is -2.05. The Hall–Kier alpha value is -2.46. The molecule has 0 aliphatic heterocycles. The number of benzene rings is 2. The van der Waals surface area contributed by atoms with Gasteiger partial charge in [-0.25, -0.2) is 9.18 Å². The van der Waals surface area contributed by atoms with E-state index < -0.39 is 11.8 Å². The number of halogens is 2. The third-order valence-electron chi connectivity index (χ3n) is 3.62. The molecule has 2 aromatic rings. The molecule has 1 aliphatic carbocycles. The molecule has 2 aromatic carbocycles. The van der Waals surface area contributed by atoms with E-state index in [1.807, 2.05) is 24.3 Å². The van der Waals surface area contributed by atoms with E-state index in [4.69, 9.17) is 16.4 Å². The van der Waals surface area contributed by atoms with E-state index in [0.717, 1.165) is 24.0 Å². The molecule has 0 radical (unpaired) electrons. The van der Waals surface area contributed by atoms with Gasteiger partial charge in [-0.2, -0.15) is 0 Å². The van der Waals surface area contributed by atoms with E-state index in [9.17, 15) is 9.18 Å². The van der Waals surface area contributed by atoms with E-state index in [1.165, 1.54) is 36.0 Å². The number of carbonyl (C=O) groups excluding carboxylic acids is 1. The number of rotatable bonds is 3. The summed E-state index contributed by atoms with van der Waals surface area (Å²) in [5.74, 6) is -1.06. The van der Waals surface area contributed by atoms with Crippen molar-refractivity contribution in [3.63, 3.8) is 0 Å². The van der Waals surface area contributed by atoms with Crippen molar-refractivity contribution in [1.29, 1.82) is 0 Å². The molecule has 0 saturated heterocycles. The minimum atomic E-state index is -0.644. The first-order valence-corrected chi connectivity index (χ1v) is 7.50. The number of oxime groups is 1. The minimum Gasteiger partial charge on any atom is -0.313 e. The zero-order valence-electron chi connectivity index (χ0n) is 12.1. The smallest absolute Gasteiger partial charge is 0.313 e. The monoisotopic (exact) mass is 329 g/mol. The molecule has 3 nitrogen and oxygen atoms in total. The van der Waals surface area contributed by atoms with Gasteiger partial charge in [-0.3, -0.25) is 0 Å². The number of carbonyl (C=O) groups is 1. The molecule has 0 saturated carbocycles. The molecule has 0 atom stereocenters. The number of hydrogen-bond acceptors (Lipinski definition) is 3. The summed E-state index contributed by atoms with van der Waals surface area (Å²) in [5.41, 5.74) is 3.22. The maximum Gasteiger partial charge on any atom is 0.365 e. The van der Waals surface area contributed by atoms with Crippen molar-refractivity contribution in [2.75, 3.05) is 0 Å². The Bertz CT molecular complexity index is 797. The fraction of sp³-hybridized carbons (Fsp3) is 0.111. The molecule has 116 valence electrons. The van der Waals surface area contributed by atoms with Crippen molar-refractivity contribution >= 4 is 28.8 Å². The lowest BCUT2D eigenvalue weighted by molar-refractivity contribution is 0.0519. The summed E-state index contributed by atoms with van der Waals surface area (Å²) in [7, 11) is 0. The van der Waals surface area contributed by atoms with E-state index in [-0.39, 0.29) is 5.56 Å². The van der Waals surface area contributed by atoms with Crippen molar-refractivity contribution in [2.24, 2.45) is 5.16 Å². The van der Waals surface area contributed by atoms with Crippen LogP contribution in [0.4, 0.5) is 4.39 Å². The lowest BCUT2D eigenvalue weighted by Gasteiger charge is -2.16. The summed E-state index contributed by atoms with van der Waals surface area (Å²) >= 11 is 6.37. The molecule has 1 aliphatic rings. The zero-order chi connectivity index (χ0) is 16.2. The lowest BCUT2D eigenvalue weighted by atomic mass is 9.92. The van der Waals surface area contributed by atoms with Gasteiger partial charge in [0.1, 0.15) is 5.82 Å². The highest BCUT2D eigenvalue weighted by atomic mass is 35.5. The Morgan fingerprint density at radius 3 is 2.65 bits per heavy atom. The van der Waals surface area contributed by atoms with Gasteiger partial charge in [0.2, 0.25) is 0 Å². The average molecular weight is 330 g/mol. The summed E-state index contributed by atoms with van der Waals surface area (Å²) < 4.78 is 12.8. The Kier molecular flexibility index (Phi) is 4.53. The first-order chi connectivity index (χ1) is 11.1. The number of hydrogen-bond donors (Lipinski definition) is 0. The molecule has 5 heteroatoms. The number of nitrogens with zero attached hydrogens (tertiary/aromatic N) is 1. The Morgan fingerprint density at radius 2 is 1.87 bits per heavy atom. The minimum absolute atomic E-state index is 0.234.